The minimum atomic E-state index is -0.129. The van der Waals surface area contributed by atoms with Crippen LogP contribution in [0.25, 0.3) is 0 Å². The molecular formula is C9H19N3O2. The third-order valence-electron chi connectivity index (χ3n) is 2.20. The second-order valence-electron chi connectivity index (χ2n) is 3.81. The van der Waals surface area contributed by atoms with Gasteiger partial charge in [0.15, 0.2) is 0 Å². The van der Waals surface area contributed by atoms with Crippen molar-refractivity contribution in [3.05, 3.63) is 0 Å². The van der Waals surface area contributed by atoms with Crippen LogP contribution in [0, 0.1) is 0 Å². The van der Waals surface area contributed by atoms with Crippen molar-refractivity contribution >= 4 is 6.03 Å². The number of carbonyl (C=O) groups is 1. The standard InChI is InChI=1S/C9H19N3O2/c1-6(2)11-9(13)12-7-4-10-5-8(7)14-3/h6-8,10H,4-5H2,1-3H3,(H2,11,12,13)/t7-,8-/m0/s1. The zero-order chi connectivity index (χ0) is 10.6. The van der Waals surface area contributed by atoms with Crippen LogP contribution in [0.4, 0.5) is 4.79 Å². The molecule has 1 aliphatic rings. The monoisotopic (exact) mass is 201 g/mol. The molecule has 0 radical (unpaired) electrons. The van der Waals surface area contributed by atoms with Gasteiger partial charge in [-0.1, -0.05) is 0 Å². The lowest BCUT2D eigenvalue weighted by molar-refractivity contribution is 0.0982. The fourth-order valence-electron chi connectivity index (χ4n) is 1.52. The molecule has 0 bridgehead atoms. The Balaban J connectivity index is 2.32. The average molecular weight is 201 g/mol. The number of amides is 2. The number of urea groups is 1. The van der Waals surface area contributed by atoms with Crippen LogP contribution in [0.15, 0.2) is 0 Å². The number of rotatable bonds is 3. The third kappa shape index (κ3) is 3.16. The number of hydrogen-bond acceptors (Lipinski definition) is 3. The van der Waals surface area contributed by atoms with Gasteiger partial charge in [-0.15, -0.1) is 0 Å². The topological polar surface area (TPSA) is 62.4 Å². The molecule has 0 aromatic heterocycles. The summed E-state index contributed by atoms with van der Waals surface area (Å²) in [5.41, 5.74) is 0. The van der Waals surface area contributed by atoms with Gasteiger partial charge in [-0.25, -0.2) is 4.79 Å². The summed E-state index contributed by atoms with van der Waals surface area (Å²) in [5.74, 6) is 0. The van der Waals surface area contributed by atoms with E-state index < -0.39 is 0 Å². The van der Waals surface area contributed by atoms with Crippen LogP contribution in [0.5, 0.6) is 0 Å². The number of nitrogens with one attached hydrogen (secondary N) is 3. The lowest BCUT2D eigenvalue weighted by Gasteiger charge is -2.19. The molecule has 1 rings (SSSR count). The molecule has 82 valence electrons. The normalized spacial score (nSPS) is 26.6. The number of methoxy groups -OCH3 is 1. The van der Waals surface area contributed by atoms with Crippen LogP contribution >= 0.6 is 0 Å². The van der Waals surface area contributed by atoms with Gasteiger partial charge in [0.1, 0.15) is 0 Å². The molecule has 0 unspecified atom stereocenters. The number of hydrogen-bond donors (Lipinski definition) is 3. The van der Waals surface area contributed by atoms with E-state index in [4.69, 9.17) is 4.74 Å². The van der Waals surface area contributed by atoms with E-state index in [0.29, 0.717) is 0 Å². The Bertz CT molecular complexity index is 196. The maximum Gasteiger partial charge on any atom is 0.315 e. The van der Waals surface area contributed by atoms with E-state index in [-0.39, 0.29) is 24.2 Å². The van der Waals surface area contributed by atoms with E-state index in [1.807, 2.05) is 13.8 Å². The second kappa shape index (κ2) is 5.17. The Morgan fingerprint density at radius 1 is 1.50 bits per heavy atom. The third-order valence-corrected chi connectivity index (χ3v) is 2.20. The van der Waals surface area contributed by atoms with Gasteiger partial charge in [0.2, 0.25) is 0 Å². The summed E-state index contributed by atoms with van der Waals surface area (Å²) in [6.07, 6.45) is 0.0768. The number of carbonyl (C=O) groups excluding carboxylic acids is 1. The summed E-state index contributed by atoms with van der Waals surface area (Å²) in [6, 6.07) is 0.0971. The Labute approximate surface area is 84.6 Å². The van der Waals surface area contributed by atoms with Crippen molar-refractivity contribution in [1.29, 1.82) is 0 Å². The molecule has 1 heterocycles. The van der Waals surface area contributed by atoms with E-state index in [1.54, 1.807) is 7.11 Å². The maximum absolute atomic E-state index is 11.4. The van der Waals surface area contributed by atoms with Gasteiger partial charge in [-0.3, -0.25) is 0 Å². The molecule has 1 saturated heterocycles. The molecule has 0 aromatic carbocycles. The molecule has 1 fully saturated rings. The maximum atomic E-state index is 11.4. The van der Waals surface area contributed by atoms with E-state index >= 15 is 0 Å². The summed E-state index contributed by atoms with van der Waals surface area (Å²) in [4.78, 5) is 11.4. The van der Waals surface area contributed by atoms with Crippen LogP contribution in [0.1, 0.15) is 13.8 Å². The number of ether oxygens (including phenoxy) is 1. The Kier molecular flexibility index (Phi) is 4.16. The van der Waals surface area contributed by atoms with Gasteiger partial charge in [-0.05, 0) is 13.8 Å². The summed E-state index contributed by atoms with van der Waals surface area (Å²) in [6.45, 7) is 5.42. The van der Waals surface area contributed by atoms with Crippen molar-refractivity contribution in [2.24, 2.45) is 0 Å². The lowest BCUT2D eigenvalue weighted by atomic mass is 10.2. The smallest absolute Gasteiger partial charge is 0.315 e. The quantitative estimate of drug-likeness (QED) is 0.586. The first kappa shape index (κ1) is 11.3. The highest BCUT2D eigenvalue weighted by Gasteiger charge is 2.27. The molecule has 0 saturated carbocycles. The van der Waals surface area contributed by atoms with Crippen molar-refractivity contribution < 1.29 is 9.53 Å². The van der Waals surface area contributed by atoms with Crippen molar-refractivity contribution in [2.75, 3.05) is 20.2 Å². The summed E-state index contributed by atoms with van der Waals surface area (Å²) in [7, 11) is 1.66. The first-order valence-electron chi connectivity index (χ1n) is 4.94. The van der Waals surface area contributed by atoms with Gasteiger partial charge < -0.3 is 20.7 Å². The zero-order valence-electron chi connectivity index (χ0n) is 8.96. The van der Waals surface area contributed by atoms with Crippen LogP contribution < -0.4 is 16.0 Å². The van der Waals surface area contributed by atoms with Crippen LogP contribution in [0.2, 0.25) is 0 Å². The van der Waals surface area contributed by atoms with E-state index in [0.717, 1.165) is 13.1 Å². The Hall–Kier alpha value is -0.810. The average Bonchev–Trinajstić information content (AvgIpc) is 2.50. The molecule has 0 aliphatic carbocycles. The minimum Gasteiger partial charge on any atom is -0.378 e. The fourth-order valence-corrected chi connectivity index (χ4v) is 1.52. The largest absolute Gasteiger partial charge is 0.378 e. The molecule has 5 nitrogen and oxygen atoms in total. The second-order valence-corrected chi connectivity index (χ2v) is 3.81. The summed E-state index contributed by atoms with van der Waals surface area (Å²) >= 11 is 0. The van der Waals surface area contributed by atoms with Crippen molar-refractivity contribution in [2.45, 2.75) is 32.0 Å². The molecule has 3 N–H and O–H groups in total. The van der Waals surface area contributed by atoms with Crippen LogP contribution in [-0.4, -0.2) is 44.4 Å². The highest BCUT2D eigenvalue weighted by molar-refractivity contribution is 5.74. The van der Waals surface area contributed by atoms with Gasteiger partial charge in [0.25, 0.3) is 0 Å². The van der Waals surface area contributed by atoms with Gasteiger partial charge in [-0.2, -0.15) is 0 Å². The van der Waals surface area contributed by atoms with Gasteiger partial charge >= 0.3 is 6.03 Å². The first-order chi connectivity index (χ1) is 6.63. The van der Waals surface area contributed by atoms with Gasteiger partial charge in [0, 0.05) is 26.2 Å². The molecule has 14 heavy (non-hydrogen) atoms. The predicted molar refractivity (Wildman–Crippen MR) is 54.3 cm³/mol. The molecule has 2 atom stereocenters. The molecular weight excluding hydrogens is 182 g/mol. The first-order valence-corrected chi connectivity index (χ1v) is 4.94. The molecule has 0 aromatic rings. The highest BCUT2D eigenvalue weighted by atomic mass is 16.5. The minimum absolute atomic E-state index is 0.0683. The molecule has 2 amide bonds. The lowest BCUT2D eigenvalue weighted by Crippen LogP contribution is -2.49. The summed E-state index contributed by atoms with van der Waals surface area (Å²) < 4.78 is 5.22. The van der Waals surface area contributed by atoms with E-state index in [1.165, 1.54) is 0 Å². The van der Waals surface area contributed by atoms with Crippen LogP contribution in [-0.2, 0) is 4.74 Å². The fraction of sp³-hybridized carbons (Fsp3) is 0.889. The van der Waals surface area contributed by atoms with Crippen molar-refractivity contribution in [3.8, 4) is 0 Å². The van der Waals surface area contributed by atoms with Crippen molar-refractivity contribution in [1.82, 2.24) is 16.0 Å². The Morgan fingerprint density at radius 3 is 2.79 bits per heavy atom. The van der Waals surface area contributed by atoms with Gasteiger partial charge in [0.05, 0.1) is 12.1 Å². The molecule has 0 spiro atoms. The SMILES string of the molecule is CO[C@H]1CNC[C@@H]1NC(=O)NC(C)C. The molecule has 1 aliphatic heterocycles. The predicted octanol–water partition coefficient (Wildman–Crippen LogP) is -0.319. The van der Waals surface area contributed by atoms with E-state index in [9.17, 15) is 4.79 Å². The highest BCUT2D eigenvalue weighted by Crippen LogP contribution is 2.03. The van der Waals surface area contributed by atoms with E-state index in [2.05, 4.69) is 16.0 Å². The zero-order valence-corrected chi connectivity index (χ0v) is 8.96. The summed E-state index contributed by atoms with van der Waals surface area (Å²) in [5, 5.41) is 8.82. The van der Waals surface area contributed by atoms with Crippen LogP contribution in [0.3, 0.4) is 0 Å². The Morgan fingerprint density at radius 2 is 2.21 bits per heavy atom. The van der Waals surface area contributed by atoms with Crippen molar-refractivity contribution in [3.63, 3.8) is 0 Å². The molecule has 5 heteroatoms.